The van der Waals surface area contributed by atoms with Crippen molar-refractivity contribution in [2.24, 2.45) is 5.92 Å². The van der Waals surface area contributed by atoms with E-state index in [0.717, 1.165) is 48.2 Å². The third-order valence-corrected chi connectivity index (χ3v) is 5.46. The lowest BCUT2D eigenvalue weighted by Gasteiger charge is -2.16. The van der Waals surface area contributed by atoms with Crippen molar-refractivity contribution >= 4 is 11.7 Å². The summed E-state index contributed by atoms with van der Waals surface area (Å²) in [5.41, 5.74) is 3.18. The molecule has 6 nitrogen and oxygen atoms in total. The SMILES string of the molecule is O=C(Nc1cc(-c2c(-c3ccc(F)cc3)nn3c2OCCC3)ccn1)C1CC=CC1. The molecule has 0 saturated heterocycles. The Kier molecular flexibility index (Phi) is 4.78. The molecule has 0 unspecified atom stereocenters. The predicted octanol–water partition coefficient (Wildman–Crippen LogP) is 4.44. The molecule has 30 heavy (non-hydrogen) atoms. The summed E-state index contributed by atoms with van der Waals surface area (Å²) >= 11 is 0. The van der Waals surface area contributed by atoms with Gasteiger partial charge >= 0.3 is 0 Å². The summed E-state index contributed by atoms with van der Waals surface area (Å²) in [7, 11) is 0. The molecule has 152 valence electrons. The van der Waals surface area contributed by atoms with E-state index in [4.69, 9.17) is 9.84 Å². The first-order valence-corrected chi connectivity index (χ1v) is 10.1. The van der Waals surface area contributed by atoms with Crippen molar-refractivity contribution < 1.29 is 13.9 Å². The van der Waals surface area contributed by atoms with Crippen LogP contribution in [0, 0.1) is 11.7 Å². The molecule has 2 aromatic heterocycles. The van der Waals surface area contributed by atoms with Crippen molar-refractivity contribution in [3.8, 4) is 28.3 Å². The van der Waals surface area contributed by atoms with Crippen molar-refractivity contribution in [3.63, 3.8) is 0 Å². The number of fused-ring (bicyclic) bond motifs is 1. The number of hydrogen-bond acceptors (Lipinski definition) is 4. The highest BCUT2D eigenvalue weighted by molar-refractivity contribution is 5.93. The molecule has 3 heterocycles. The maximum Gasteiger partial charge on any atom is 0.229 e. The molecule has 0 saturated carbocycles. The quantitative estimate of drug-likeness (QED) is 0.653. The summed E-state index contributed by atoms with van der Waals surface area (Å²) in [5.74, 6) is 0.805. The number of benzene rings is 1. The van der Waals surface area contributed by atoms with Crippen molar-refractivity contribution in [1.82, 2.24) is 14.8 Å². The van der Waals surface area contributed by atoms with Gasteiger partial charge in [0.25, 0.3) is 0 Å². The van der Waals surface area contributed by atoms with Crippen LogP contribution in [-0.2, 0) is 11.3 Å². The summed E-state index contributed by atoms with van der Waals surface area (Å²) in [6.45, 7) is 1.37. The van der Waals surface area contributed by atoms with Crippen molar-refractivity contribution in [2.45, 2.75) is 25.8 Å². The molecule has 1 N–H and O–H groups in total. The van der Waals surface area contributed by atoms with E-state index in [1.165, 1.54) is 12.1 Å². The minimum Gasteiger partial charge on any atom is -0.477 e. The van der Waals surface area contributed by atoms with E-state index in [9.17, 15) is 9.18 Å². The molecular formula is C23H21FN4O2. The number of pyridine rings is 1. The monoisotopic (exact) mass is 404 g/mol. The first kappa shape index (κ1) is 18.5. The normalized spacial score (nSPS) is 15.6. The number of nitrogens with zero attached hydrogens (tertiary/aromatic N) is 3. The number of carbonyl (C=O) groups is 1. The smallest absolute Gasteiger partial charge is 0.229 e. The van der Waals surface area contributed by atoms with Crippen molar-refractivity contribution in [3.05, 3.63) is 60.6 Å². The Hall–Kier alpha value is -3.48. The molecule has 0 radical (unpaired) electrons. The third-order valence-electron chi connectivity index (χ3n) is 5.46. The molecule has 3 aromatic rings. The van der Waals surface area contributed by atoms with Crippen LogP contribution >= 0.6 is 0 Å². The average molecular weight is 404 g/mol. The molecule has 0 spiro atoms. The van der Waals surface area contributed by atoms with E-state index in [1.807, 2.05) is 29.0 Å². The lowest BCUT2D eigenvalue weighted by atomic mass is 10.0. The van der Waals surface area contributed by atoms with Gasteiger partial charge < -0.3 is 10.1 Å². The minimum absolute atomic E-state index is 0.0308. The Labute approximate surface area is 173 Å². The third kappa shape index (κ3) is 3.47. The van der Waals surface area contributed by atoms with Crippen LogP contribution in [0.5, 0.6) is 5.88 Å². The van der Waals surface area contributed by atoms with E-state index < -0.39 is 0 Å². The predicted molar refractivity (Wildman–Crippen MR) is 111 cm³/mol. The van der Waals surface area contributed by atoms with Crippen LogP contribution in [0.15, 0.2) is 54.7 Å². The Bertz CT molecular complexity index is 1110. The molecule has 0 fully saturated rings. The fourth-order valence-electron chi connectivity index (χ4n) is 3.91. The number of aromatic nitrogens is 3. The van der Waals surface area contributed by atoms with Crippen LogP contribution in [0.4, 0.5) is 10.2 Å². The van der Waals surface area contributed by atoms with Gasteiger partial charge in [0.15, 0.2) is 0 Å². The lowest BCUT2D eigenvalue weighted by Crippen LogP contribution is -2.21. The van der Waals surface area contributed by atoms with Gasteiger partial charge in [0.2, 0.25) is 11.8 Å². The van der Waals surface area contributed by atoms with Gasteiger partial charge in [0.1, 0.15) is 17.3 Å². The van der Waals surface area contributed by atoms with Gasteiger partial charge in [-0.25, -0.2) is 14.1 Å². The molecule has 1 amide bonds. The average Bonchev–Trinajstić information content (AvgIpc) is 3.43. The van der Waals surface area contributed by atoms with Crippen LogP contribution < -0.4 is 10.1 Å². The Morgan fingerprint density at radius 2 is 1.93 bits per heavy atom. The minimum atomic E-state index is -0.296. The fraction of sp³-hybridized carbons (Fsp3) is 0.261. The largest absolute Gasteiger partial charge is 0.477 e. The molecular weight excluding hydrogens is 383 g/mol. The zero-order valence-corrected chi connectivity index (χ0v) is 16.3. The summed E-state index contributed by atoms with van der Waals surface area (Å²) in [4.78, 5) is 16.8. The number of halogens is 1. The lowest BCUT2D eigenvalue weighted by molar-refractivity contribution is -0.119. The zero-order valence-electron chi connectivity index (χ0n) is 16.3. The number of hydrogen-bond donors (Lipinski definition) is 1. The highest BCUT2D eigenvalue weighted by Gasteiger charge is 2.25. The van der Waals surface area contributed by atoms with Crippen LogP contribution in [-0.4, -0.2) is 27.3 Å². The van der Waals surface area contributed by atoms with Gasteiger partial charge in [-0.3, -0.25) is 4.79 Å². The van der Waals surface area contributed by atoms with Gasteiger partial charge in [-0.1, -0.05) is 12.2 Å². The van der Waals surface area contributed by atoms with E-state index in [1.54, 1.807) is 18.3 Å². The van der Waals surface area contributed by atoms with Crippen molar-refractivity contribution in [2.75, 3.05) is 11.9 Å². The highest BCUT2D eigenvalue weighted by atomic mass is 19.1. The number of allylic oxidation sites excluding steroid dienone is 2. The Morgan fingerprint density at radius 1 is 1.13 bits per heavy atom. The standard InChI is InChI=1S/C23H21FN4O2/c24-18-8-6-15(7-9-18)21-20(23-28(27-21)12-3-13-30-23)17-10-11-25-19(14-17)26-22(29)16-4-1-2-5-16/h1-2,6-11,14,16H,3-5,12-13H2,(H,25,26,29). The highest BCUT2D eigenvalue weighted by Crippen LogP contribution is 2.41. The molecule has 0 atom stereocenters. The van der Waals surface area contributed by atoms with Crippen LogP contribution in [0.2, 0.25) is 0 Å². The number of carbonyl (C=O) groups excluding carboxylic acids is 1. The van der Waals surface area contributed by atoms with Crippen LogP contribution in [0.1, 0.15) is 19.3 Å². The second kappa shape index (κ2) is 7.74. The summed E-state index contributed by atoms with van der Waals surface area (Å²) in [6.07, 6.45) is 8.11. The molecule has 2 aliphatic rings. The number of anilines is 1. The van der Waals surface area contributed by atoms with Gasteiger partial charge in [-0.05, 0) is 54.8 Å². The number of rotatable bonds is 4. The second-order valence-corrected chi connectivity index (χ2v) is 7.52. The Morgan fingerprint density at radius 3 is 2.73 bits per heavy atom. The maximum absolute atomic E-state index is 13.5. The van der Waals surface area contributed by atoms with Gasteiger partial charge in [0, 0.05) is 30.6 Å². The summed E-state index contributed by atoms with van der Waals surface area (Å²) in [6, 6.07) is 9.98. The summed E-state index contributed by atoms with van der Waals surface area (Å²) < 4.78 is 21.2. The number of aryl methyl sites for hydroxylation is 1. The number of amides is 1. The molecule has 7 heteroatoms. The first-order valence-electron chi connectivity index (χ1n) is 10.1. The second-order valence-electron chi connectivity index (χ2n) is 7.52. The van der Waals surface area contributed by atoms with Crippen LogP contribution in [0.25, 0.3) is 22.4 Å². The molecule has 1 aromatic carbocycles. The van der Waals surface area contributed by atoms with Crippen LogP contribution in [0.3, 0.4) is 0 Å². The van der Waals surface area contributed by atoms with Gasteiger partial charge in [-0.2, -0.15) is 5.10 Å². The fourth-order valence-corrected chi connectivity index (χ4v) is 3.91. The van der Waals surface area contributed by atoms with E-state index in [0.29, 0.717) is 18.3 Å². The van der Waals surface area contributed by atoms with Gasteiger partial charge in [0.05, 0.1) is 12.2 Å². The zero-order chi connectivity index (χ0) is 20.5. The number of ether oxygens (including phenoxy) is 1. The van der Waals surface area contributed by atoms with Gasteiger partial charge in [-0.15, -0.1) is 0 Å². The molecule has 1 aliphatic carbocycles. The molecule has 5 rings (SSSR count). The first-order chi connectivity index (χ1) is 14.7. The number of nitrogens with one attached hydrogen (secondary N) is 1. The van der Waals surface area contributed by atoms with E-state index >= 15 is 0 Å². The summed E-state index contributed by atoms with van der Waals surface area (Å²) in [5, 5.41) is 7.66. The van der Waals surface area contributed by atoms with E-state index in [2.05, 4.69) is 10.3 Å². The van der Waals surface area contributed by atoms with E-state index in [-0.39, 0.29) is 17.6 Å². The molecule has 1 aliphatic heterocycles. The topological polar surface area (TPSA) is 69.0 Å². The maximum atomic E-state index is 13.5. The molecule has 0 bridgehead atoms. The van der Waals surface area contributed by atoms with Crippen molar-refractivity contribution in [1.29, 1.82) is 0 Å². The Balaban J connectivity index is 1.54.